The number of phenols is 1. The van der Waals surface area contributed by atoms with E-state index in [2.05, 4.69) is 16.8 Å². The monoisotopic (exact) mass is 347 g/mol. The van der Waals surface area contributed by atoms with Crippen LogP contribution in [0.15, 0.2) is 53.2 Å². The molecule has 0 saturated carbocycles. The maximum absolute atomic E-state index is 11.1. The minimum atomic E-state index is -0.602. The van der Waals surface area contributed by atoms with Gasteiger partial charge in [-0.2, -0.15) is 0 Å². The lowest BCUT2D eigenvalue weighted by Crippen LogP contribution is -1.89. The number of halogens is 1. The molecule has 0 aliphatic carbocycles. The summed E-state index contributed by atoms with van der Waals surface area (Å²) in [6, 6.07) is 7.29. The fourth-order valence-corrected chi connectivity index (χ4v) is 2.17. The van der Waals surface area contributed by atoms with Crippen molar-refractivity contribution in [2.45, 2.75) is 6.42 Å². The molecule has 0 saturated heterocycles. The first-order valence-corrected chi connectivity index (χ1v) is 7.20. The Bertz CT molecular complexity index is 821. The van der Waals surface area contributed by atoms with Crippen molar-refractivity contribution < 1.29 is 14.8 Å². The zero-order valence-electron chi connectivity index (χ0n) is 12.8. The van der Waals surface area contributed by atoms with Crippen LogP contribution in [-0.2, 0) is 6.42 Å². The number of nitro benzene ring substituents is 1. The van der Waals surface area contributed by atoms with Gasteiger partial charge >= 0.3 is 0 Å². The average molecular weight is 348 g/mol. The topological polar surface area (TPSA) is 97.3 Å². The molecule has 1 N–H and O–H groups in total. The number of ether oxygens (including phenoxy) is 1. The normalized spacial score (nSPS) is 10.8. The van der Waals surface area contributed by atoms with Crippen molar-refractivity contribution in [1.82, 2.24) is 0 Å². The SMILES string of the molecule is C=CCc1cc(N=Nc2ccc(Cl)cc2[N+](=O)[O-])c(O)c(OC)c1. The highest BCUT2D eigenvalue weighted by atomic mass is 35.5. The molecule has 7 nitrogen and oxygen atoms in total. The van der Waals surface area contributed by atoms with Gasteiger partial charge in [0.05, 0.1) is 12.0 Å². The molecule has 0 unspecified atom stereocenters. The first kappa shape index (κ1) is 17.4. The number of azo groups is 1. The third-order valence-corrected chi connectivity index (χ3v) is 3.35. The highest BCUT2D eigenvalue weighted by Gasteiger charge is 2.15. The van der Waals surface area contributed by atoms with E-state index in [0.29, 0.717) is 6.42 Å². The van der Waals surface area contributed by atoms with E-state index in [9.17, 15) is 15.2 Å². The molecule has 24 heavy (non-hydrogen) atoms. The Balaban J connectivity index is 2.47. The molecular formula is C16H14ClN3O4. The van der Waals surface area contributed by atoms with E-state index in [1.54, 1.807) is 18.2 Å². The number of benzene rings is 2. The molecule has 0 aromatic heterocycles. The van der Waals surface area contributed by atoms with Gasteiger partial charge in [0.1, 0.15) is 5.69 Å². The van der Waals surface area contributed by atoms with Crippen LogP contribution in [0, 0.1) is 10.1 Å². The molecule has 0 radical (unpaired) electrons. The van der Waals surface area contributed by atoms with Crippen LogP contribution < -0.4 is 4.74 Å². The molecule has 124 valence electrons. The van der Waals surface area contributed by atoms with Gasteiger partial charge in [0.25, 0.3) is 5.69 Å². The molecule has 0 spiro atoms. The summed E-state index contributed by atoms with van der Waals surface area (Å²) in [6.07, 6.45) is 2.23. The van der Waals surface area contributed by atoms with E-state index in [4.69, 9.17) is 16.3 Å². The average Bonchev–Trinajstić information content (AvgIpc) is 2.55. The van der Waals surface area contributed by atoms with Gasteiger partial charge in [-0.25, -0.2) is 0 Å². The second-order valence-electron chi connectivity index (χ2n) is 4.75. The molecule has 0 amide bonds. The summed E-state index contributed by atoms with van der Waals surface area (Å²) >= 11 is 5.76. The summed E-state index contributed by atoms with van der Waals surface area (Å²) in [5.74, 6) is 0.0274. The van der Waals surface area contributed by atoms with Gasteiger partial charge in [0.15, 0.2) is 17.2 Å². The Labute approximate surface area is 143 Å². The fourth-order valence-electron chi connectivity index (χ4n) is 2.00. The van der Waals surface area contributed by atoms with Crippen LogP contribution in [-0.4, -0.2) is 17.1 Å². The predicted octanol–water partition coefficient (Wildman–Crippen LogP) is 5.11. The first-order chi connectivity index (χ1) is 11.5. The molecule has 0 aliphatic rings. The molecule has 0 heterocycles. The van der Waals surface area contributed by atoms with Gasteiger partial charge in [-0.15, -0.1) is 16.8 Å². The smallest absolute Gasteiger partial charge is 0.298 e. The van der Waals surface area contributed by atoms with Crippen LogP contribution in [0.25, 0.3) is 0 Å². The molecule has 0 aliphatic heterocycles. The number of nitro groups is 1. The lowest BCUT2D eigenvalue weighted by Gasteiger charge is -2.08. The van der Waals surface area contributed by atoms with E-state index >= 15 is 0 Å². The number of hydrogen-bond acceptors (Lipinski definition) is 6. The summed E-state index contributed by atoms with van der Waals surface area (Å²) in [7, 11) is 1.41. The van der Waals surface area contributed by atoms with Crippen LogP contribution in [0.2, 0.25) is 5.02 Å². The van der Waals surface area contributed by atoms with Crippen molar-refractivity contribution in [3.8, 4) is 11.5 Å². The van der Waals surface area contributed by atoms with Crippen LogP contribution in [0.3, 0.4) is 0 Å². The highest BCUT2D eigenvalue weighted by molar-refractivity contribution is 6.30. The van der Waals surface area contributed by atoms with Gasteiger partial charge in [0.2, 0.25) is 0 Å². The van der Waals surface area contributed by atoms with E-state index in [0.717, 1.165) is 5.56 Å². The third-order valence-electron chi connectivity index (χ3n) is 3.11. The molecule has 0 fully saturated rings. The minimum Gasteiger partial charge on any atom is -0.503 e. The van der Waals surface area contributed by atoms with E-state index in [1.165, 1.54) is 25.3 Å². The highest BCUT2D eigenvalue weighted by Crippen LogP contribution is 2.39. The van der Waals surface area contributed by atoms with Crippen LogP contribution >= 0.6 is 11.6 Å². The summed E-state index contributed by atoms with van der Waals surface area (Å²) in [4.78, 5) is 10.5. The molecule has 2 aromatic rings. The Morgan fingerprint density at radius 2 is 2.04 bits per heavy atom. The number of hydrogen-bond donors (Lipinski definition) is 1. The number of nitrogens with zero attached hydrogens (tertiary/aromatic N) is 3. The lowest BCUT2D eigenvalue weighted by atomic mass is 10.1. The number of methoxy groups -OCH3 is 1. The predicted molar refractivity (Wildman–Crippen MR) is 90.8 cm³/mol. The Kier molecular flexibility index (Phi) is 5.49. The van der Waals surface area contributed by atoms with Crippen molar-refractivity contribution >= 4 is 28.7 Å². The largest absolute Gasteiger partial charge is 0.503 e. The molecule has 2 aromatic carbocycles. The number of rotatable bonds is 6. The van der Waals surface area contributed by atoms with Gasteiger partial charge in [-0.3, -0.25) is 10.1 Å². The van der Waals surface area contributed by atoms with Crippen molar-refractivity contribution in [1.29, 1.82) is 0 Å². The van der Waals surface area contributed by atoms with Gasteiger partial charge < -0.3 is 9.84 Å². The summed E-state index contributed by atoms with van der Waals surface area (Å²) in [5, 5.41) is 29.2. The summed E-state index contributed by atoms with van der Waals surface area (Å²) in [6.45, 7) is 3.65. The minimum absolute atomic E-state index is 0.0249. The summed E-state index contributed by atoms with van der Waals surface area (Å²) < 4.78 is 5.09. The van der Waals surface area contributed by atoms with Crippen LogP contribution in [0.4, 0.5) is 17.1 Å². The molecule has 0 atom stereocenters. The molecule has 8 heteroatoms. The molecule has 0 bridgehead atoms. The van der Waals surface area contributed by atoms with Gasteiger partial charge in [-0.1, -0.05) is 17.7 Å². The van der Waals surface area contributed by atoms with Crippen molar-refractivity contribution in [2.75, 3.05) is 7.11 Å². The van der Waals surface area contributed by atoms with E-state index < -0.39 is 4.92 Å². The van der Waals surface area contributed by atoms with Crippen LogP contribution in [0.5, 0.6) is 11.5 Å². The molecule has 2 rings (SSSR count). The quantitative estimate of drug-likeness (QED) is 0.340. The van der Waals surface area contributed by atoms with Crippen LogP contribution in [0.1, 0.15) is 5.56 Å². The fraction of sp³-hybridized carbons (Fsp3) is 0.125. The van der Waals surface area contributed by atoms with Gasteiger partial charge in [0, 0.05) is 11.1 Å². The van der Waals surface area contributed by atoms with E-state index in [-0.39, 0.29) is 33.6 Å². The first-order valence-electron chi connectivity index (χ1n) is 6.82. The van der Waals surface area contributed by atoms with Crippen molar-refractivity contribution in [3.63, 3.8) is 0 Å². The summed E-state index contributed by atoms with van der Waals surface area (Å²) in [5.41, 5.74) is 0.687. The number of aromatic hydroxyl groups is 1. The lowest BCUT2D eigenvalue weighted by molar-refractivity contribution is -0.384. The standard InChI is InChI=1S/C16H14ClN3O4/c1-3-4-10-7-13(16(21)15(8-10)24-2)19-18-12-6-5-11(17)9-14(12)20(22)23/h3,5-9,21H,1,4H2,2H3. The number of allylic oxidation sites excluding steroid dienone is 1. The second-order valence-corrected chi connectivity index (χ2v) is 5.19. The molecular weight excluding hydrogens is 334 g/mol. The van der Waals surface area contributed by atoms with Gasteiger partial charge in [-0.05, 0) is 36.2 Å². The zero-order valence-corrected chi connectivity index (χ0v) is 13.5. The Morgan fingerprint density at radius 1 is 1.33 bits per heavy atom. The maximum atomic E-state index is 11.1. The third kappa shape index (κ3) is 3.88. The number of phenolic OH excluding ortho intramolecular Hbond substituents is 1. The Hall–Kier alpha value is -2.93. The van der Waals surface area contributed by atoms with Crippen molar-refractivity contribution in [3.05, 3.63) is 63.7 Å². The maximum Gasteiger partial charge on any atom is 0.298 e. The Morgan fingerprint density at radius 3 is 2.67 bits per heavy atom. The second kappa shape index (κ2) is 7.56. The van der Waals surface area contributed by atoms with Crippen molar-refractivity contribution in [2.24, 2.45) is 10.2 Å². The zero-order chi connectivity index (χ0) is 17.7. The van der Waals surface area contributed by atoms with E-state index in [1.807, 2.05) is 0 Å².